The van der Waals surface area contributed by atoms with Crippen LogP contribution in [0.5, 0.6) is 11.5 Å². The zero-order valence-corrected chi connectivity index (χ0v) is 50.9. The Morgan fingerprint density at radius 1 is 0.818 bits per heavy atom. The van der Waals surface area contributed by atoms with Crippen molar-refractivity contribution < 1.29 is 29.0 Å². The molecule has 450 valence electrons. The van der Waals surface area contributed by atoms with Gasteiger partial charge in [0.05, 0.1) is 34.6 Å². The van der Waals surface area contributed by atoms with Gasteiger partial charge in [0.1, 0.15) is 46.9 Å². The monoisotopic (exact) mass is 1220 g/mol. The molecule has 7 aromatic rings. The number of amides is 3. The zero-order valence-electron chi connectivity index (χ0n) is 49.3. The van der Waals surface area contributed by atoms with Crippen LogP contribution < -0.4 is 45.6 Å². The number of fused-ring (bicyclic) bond motifs is 4. The van der Waals surface area contributed by atoms with Crippen LogP contribution in [-0.2, 0) is 37.0 Å². The lowest BCUT2D eigenvalue weighted by molar-refractivity contribution is -0.133. The Hall–Kier alpha value is -8.88. The van der Waals surface area contributed by atoms with Gasteiger partial charge in [-0.15, -0.1) is 0 Å². The van der Waals surface area contributed by atoms with Crippen LogP contribution in [0.25, 0.3) is 16.0 Å². The maximum Gasteiger partial charge on any atom is 0.336 e. The van der Waals surface area contributed by atoms with Crippen LogP contribution in [0.1, 0.15) is 119 Å². The minimum atomic E-state index is -1.09. The van der Waals surface area contributed by atoms with E-state index in [1.165, 1.54) is 50.8 Å². The van der Waals surface area contributed by atoms with Gasteiger partial charge in [0.2, 0.25) is 11.3 Å². The third-order valence-electron chi connectivity index (χ3n) is 17.7. The van der Waals surface area contributed by atoms with Crippen molar-refractivity contribution >= 4 is 86.0 Å². The number of carbonyl (C=O) groups is 4. The van der Waals surface area contributed by atoms with Crippen LogP contribution in [0, 0.1) is 13.8 Å². The molecule has 3 amide bonds. The van der Waals surface area contributed by atoms with Crippen LogP contribution in [0.15, 0.2) is 90.2 Å². The number of benzene rings is 5. The summed E-state index contributed by atoms with van der Waals surface area (Å²) in [5, 5.41) is 27.2. The molecule has 5 aromatic carbocycles. The number of anilines is 5. The summed E-state index contributed by atoms with van der Waals surface area (Å²) >= 11 is 7.55. The summed E-state index contributed by atoms with van der Waals surface area (Å²) in [6.07, 6.45) is 11.4. The van der Waals surface area contributed by atoms with Crippen LogP contribution in [-0.4, -0.2) is 126 Å². The molecular weight excluding hydrogens is 1150 g/mol. The van der Waals surface area contributed by atoms with Crippen LogP contribution in [0.2, 0.25) is 5.02 Å². The van der Waals surface area contributed by atoms with Gasteiger partial charge in [-0.2, -0.15) is 0 Å². The zero-order chi connectivity index (χ0) is 60.6. The minimum Gasteiger partial charge on any atom is -0.478 e. The second-order valence-corrected chi connectivity index (χ2v) is 24.9. The Labute approximate surface area is 518 Å². The third-order valence-corrected chi connectivity index (χ3v) is 19.0. The number of carboxylic acids is 1. The standard InChI is InChI=1S/C66H67ClN14O6S/c1-39-11-7-18-52(67)58(39)74-64(84)53-36-70-66(88-53)73-54-35-55(72-40(2)71-54)78-29-27-77(28-30-78)38-56(82)81(37-41-12-8-15-45(31-41)75-76-68)26-21-69-63(83)44-19-20-46(65(85)86)49(34-44)57-50-32-42-13-3-5-22-79-24-9-16-47(59(42)79)61(50)87-62-48-17-10-25-80-23-6-4-14-43(60(48)80)33-51(57)62/h7-8,11-12,15,18-20,31-36H,3-6,9-10,13-14,16-17,21-30,37-38H2,1-2H3,(H3-,69,70,71,72,73,74,83,84,85,86)/p+1. The number of nitrogens with one attached hydrogen (secondary N) is 3. The van der Waals surface area contributed by atoms with Gasteiger partial charge in [-0.25, -0.2) is 24.3 Å². The van der Waals surface area contributed by atoms with Gasteiger partial charge < -0.3 is 40.5 Å². The largest absolute Gasteiger partial charge is 0.478 e. The van der Waals surface area contributed by atoms with Crippen LogP contribution >= 0.6 is 22.9 Å². The molecule has 0 atom stereocenters. The number of para-hydroxylation sites is 1. The van der Waals surface area contributed by atoms with E-state index in [1.807, 2.05) is 38.1 Å². The van der Waals surface area contributed by atoms with E-state index in [0.717, 1.165) is 129 Å². The lowest BCUT2D eigenvalue weighted by Crippen LogP contribution is -2.51. The van der Waals surface area contributed by atoms with E-state index in [2.05, 4.69) is 67.4 Å². The number of carbonyl (C=O) groups excluding carboxylic acids is 3. The maximum absolute atomic E-state index is 14.6. The number of azide groups is 1. The summed E-state index contributed by atoms with van der Waals surface area (Å²) in [5.41, 5.74) is 20.5. The molecule has 6 aliphatic rings. The summed E-state index contributed by atoms with van der Waals surface area (Å²) in [6.45, 7) is 10.5. The molecule has 0 radical (unpaired) electrons. The minimum absolute atomic E-state index is 0.0969. The van der Waals surface area contributed by atoms with Crippen molar-refractivity contribution in [2.24, 2.45) is 5.11 Å². The highest BCUT2D eigenvalue weighted by Gasteiger charge is 2.37. The quantitative estimate of drug-likeness (QED) is 0.0306. The van der Waals surface area contributed by atoms with Gasteiger partial charge in [0, 0.05) is 127 Å². The summed E-state index contributed by atoms with van der Waals surface area (Å²) < 4.78 is 9.85. The molecule has 2 aromatic heterocycles. The van der Waals surface area contributed by atoms with E-state index >= 15 is 0 Å². The van der Waals surface area contributed by atoms with Crippen molar-refractivity contribution in [1.29, 1.82) is 0 Å². The van der Waals surface area contributed by atoms with E-state index in [1.54, 1.807) is 47.4 Å². The molecule has 4 N–H and O–H groups in total. The molecule has 0 saturated carbocycles. The smallest absolute Gasteiger partial charge is 0.336 e. The molecule has 0 spiro atoms. The molecule has 6 aliphatic heterocycles. The average molecular weight is 1220 g/mol. The van der Waals surface area contributed by atoms with Crippen molar-refractivity contribution in [2.75, 3.05) is 92.4 Å². The maximum atomic E-state index is 14.6. The topological polar surface area (TPSA) is 237 Å². The van der Waals surface area contributed by atoms with Crippen molar-refractivity contribution in [3.63, 3.8) is 0 Å². The molecule has 0 unspecified atom stereocenters. The molecule has 13 rings (SSSR count). The first-order valence-electron chi connectivity index (χ1n) is 30.5. The number of aryl methyl sites for hydroxylation is 4. The fraction of sp³-hybridized carbons (Fsp3) is 0.364. The highest BCUT2D eigenvalue weighted by atomic mass is 35.5. The number of hydrogen-bond acceptors (Lipinski definition) is 14. The highest BCUT2D eigenvalue weighted by molar-refractivity contribution is 7.17. The predicted octanol–water partition coefficient (Wildman–Crippen LogP) is 9.64. The molecule has 0 bridgehead atoms. The molecule has 22 heteroatoms. The number of nitrogens with zero attached hydrogens (tertiary/aromatic N) is 11. The number of aromatic nitrogens is 3. The first-order valence-corrected chi connectivity index (χ1v) is 31.7. The number of rotatable bonds is 16. The Bertz CT molecular complexity index is 4160. The fourth-order valence-electron chi connectivity index (χ4n) is 13.6. The number of carboxylic acid groups (broad SMARTS) is 1. The van der Waals surface area contributed by atoms with E-state index in [9.17, 15) is 29.8 Å². The van der Waals surface area contributed by atoms with E-state index in [-0.39, 0.29) is 43.6 Å². The summed E-state index contributed by atoms with van der Waals surface area (Å²) in [6, 6.07) is 23.8. The summed E-state index contributed by atoms with van der Waals surface area (Å²) in [5.74, 6) is 1.42. The normalized spacial score (nSPS) is 15.9. The van der Waals surface area contributed by atoms with Gasteiger partial charge in [0.15, 0.2) is 5.13 Å². The Balaban J connectivity index is 0.735. The lowest BCUT2D eigenvalue weighted by atomic mass is 9.82. The number of hydrogen-bond donors (Lipinski definition) is 4. The molecule has 1 saturated heterocycles. The number of aromatic carboxylic acids is 1. The summed E-state index contributed by atoms with van der Waals surface area (Å²) in [4.78, 5) is 81.5. The van der Waals surface area contributed by atoms with Gasteiger partial charge in [-0.05, 0) is 135 Å². The molecular formula is C66H68ClN14O6S+. The highest BCUT2D eigenvalue weighted by Crippen LogP contribution is 2.49. The number of thiazole rings is 1. The van der Waals surface area contributed by atoms with Crippen molar-refractivity contribution in [1.82, 2.24) is 34.6 Å². The molecule has 1 fully saturated rings. The van der Waals surface area contributed by atoms with Crippen molar-refractivity contribution in [3.05, 3.63) is 177 Å². The molecule has 88 heavy (non-hydrogen) atoms. The number of halogens is 1. The van der Waals surface area contributed by atoms with Gasteiger partial charge in [-0.3, -0.25) is 19.3 Å². The fourth-order valence-corrected chi connectivity index (χ4v) is 14.6. The van der Waals surface area contributed by atoms with E-state index in [0.29, 0.717) is 81.2 Å². The Kier molecular flexibility index (Phi) is 16.6. The number of piperazine rings is 1. The van der Waals surface area contributed by atoms with Gasteiger partial charge >= 0.3 is 5.97 Å². The second-order valence-electron chi connectivity index (χ2n) is 23.5. The summed E-state index contributed by atoms with van der Waals surface area (Å²) in [7, 11) is 0. The molecule has 20 nitrogen and oxygen atoms in total. The third kappa shape index (κ3) is 11.9. The first kappa shape index (κ1) is 58.2. The van der Waals surface area contributed by atoms with Crippen LogP contribution in [0.3, 0.4) is 0 Å². The van der Waals surface area contributed by atoms with Gasteiger partial charge in [-0.1, -0.05) is 58.4 Å². The average Bonchev–Trinajstić information content (AvgIpc) is 1.52. The lowest BCUT2D eigenvalue weighted by Gasteiger charge is -2.36. The number of ether oxygens (including phenoxy) is 1. The van der Waals surface area contributed by atoms with Crippen molar-refractivity contribution in [2.45, 2.75) is 84.6 Å². The second kappa shape index (κ2) is 25.1. The van der Waals surface area contributed by atoms with Crippen LogP contribution in [0.4, 0.5) is 33.8 Å². The predicted molar refractivity (Wildman–Crippen MR) is 341 cm³/mol. The first-order chi connectivity index (χ1) is 42.8. The van der Waals surface area contributed by atoms with Gasteiger partial charge in [0.25, 0.3) is 11.8 Å². The van der Waals surface area contributed by atoms with E-state index < -0.39 is 11.9 Å². The molecule has 0 aliphatic carbocycles. The SMILES string of the molecule is Cc1nc(Nc2ncc(C(=O)Nc3c(C)cccc3Cl)s2)cc(N2CCN(CC(=O)N(CCNC(=O)c3ccc(C(=O)O)c(C4=c5cc6c7c(c5Oc5c4cc4c8c5CCCN8CCCC4)CCC[N+]=7CCCC6)c3)Cc3cccc(N=[N+]=[N-])c3)CC2)n1. The Morgan fingerprint density at radius 2 is 1.62 bits per heavy atom. The molecule has 8 heterocycles. The Morgan fingerprint density at radius 3 is 2.47 bits per heavy atom. The van der Waals surface area contributed by atoms with Crippen molar-refractivity contribution in [3.8, 4) is 11.5 Å². The van der Waals surface area contributed by atoms with E-state index in [4.69, 9.17) is 21.3 Å².